The lowest BCUT2D eigenvalue weighted by Crippen LogP contribution is -2.15. The van der Waals surface area contributed by atoms with Crippen molar-refractivity contribution in [3.05, 3.63) is 35.5 Å². The Kier molecular flexibility index (Phi) is 3.88. The first-order valence-electron chi connectivity index (χ1n) is 8.39. The van der Waals surface area contributed by atoms with Crippen LogP contribution in [0.15, 0.2) is 22.7 Å². The first-order valence-corrected chi connectivity index (χ1v) is 8.39. The predicted molar refractivity (Wildman–Crippen MR) is 97.2 cm³/mol. The molecule has 0 spiro atoms. The average molecular weight is 353 g/mol. The second-order valence-corrected chi connectivity index (χ2v) is 6.45. The highest BCUT2D eigenvalue weighted by atomic mass is 16.5. The van der Waals surface area contributed by atoms with E-state index in [1.165, 1.54) is 0 Å². The minimum Gasteiger partial charge on any atom is -0.458 e. The molecule has 1 N–H and O–H groups in total. The number of carbonyl (C=O) groups excluding carboxylic acids is 1. The number of oxazole rings is 1. The largest absolute Gasteiger partial charge is 0.458 e. The third kappa shape index (κ3) is 2.52. The van der Waals surface area contributed by atoms with Crippen molar-refractivity contribution in [2.75, 3.05) is 7.11 Å². The number of carbonyl (C=O) groups is 1. The van der Waals surface area contributed by atoms with Crippen LogP contribution in [0.3, 0.4) is 0 Å². The molecular formula is C19H19N3O4. The highest BCUT2D eigenvalue weighted by Gasteiger charge is 2.23. The number of hydrogen-bond acceptors (Lipinski definition) is 6. The third-order valence-corrected chi connectivity index (χ3v) is 4.19. The number of aryl methyl sites for hydroxylation is 1. The normalized spacial score (nSPS) is 11.9. The zero-order valence-electron chi connectivity index (χ0n) is 15.0. The summed E-state index contributed by atoms with van der Waals surface area (Å²) in [4.78, 5) is 24.7. The predicted octanol–water partition coefficient (Wildman–Crippen LogP) is 3.88. The molecule has 4 aromatic rings. The van der Waals surface area contributed by atoms with Crippen LogP contribution >= 0.6 is 0 Å². The molecule has 0 amide bonds. The Balaban J connectivity index is 2.09. The quantitative estimate of drug-likeness (QED) is 0.560. The van der Waals surface area contributed by atoms with E-state index < -0.39 is 5.97 Å². The van der Waals surface area contributed by atoms with Gasteiger partial charge < -0.3 is 18.9 Å². The van der Waals surface area contributed by atoms with Gasteiger partial charge in [-0.2, -0.15) is 0 Å². The maximum atomic E-state index is 12.5. The Labute approximate surface area is 149 Å². The number of benzene rings is 1. The Hall–Kier alpha value is -2.93. The molecular weight excluding hydrogens is 334 g/mol. The molecule has 7 nitrogen and oxygen atoms in total. The van der Waals surface area contributed by atoms with Crippen molar-refractivity contribution in [1.29, 1.82) is 0 Å². The Morgan fingerprint density at radius 1 is 1.27 bits per heavy atom. The Morgan fingerprint density at radius 3 is 2.81 bits per heavy atom. The number of ether oxygens (including phenoxy) is 2. The van der Waals surface area contributed by atoms with Gasteiger partial charge in [0, 0.05) is 35.9 Å². The van der Waals surface area contributed by atoms with Crippen LogP contribution in [-0.4, -0.2) is 34.1 Å². The van der Waals surface area contributed by atoms with Gasteiger partial charge in [-0.1, -0.05) is 0 Å². The summed E-state index contributed by atoms with van der Waals surface area (Å²) in [7, 11) is 1.58. The van der Waals surface area contributed by atoms with Gasteiger partial charge in [0.05, 0.1) is 24.4 Å². The van der Waals surface area contributed by atoms with Gasteiger partial charge in [-0.15, -0.1) is 0 Å². The second-order valence-electron chi connectivity index (χ2n) is 6.45. The molecule has 0 unspecified atom stereocenters. The Bertz CT molecular complexity index is 1140. The highest BCUT2D eigenvalue weighted by Crippen LogP contribution is 2.35. The van der Waals surface area contributed by atoms with Crippen molar-refractivity contribution >= 4 is 38.9 Å². The summed E-state index contributed by atoms with van der Waals surface area (Å²) in [6.07, 6.45) is 1.41. The third-order valence-electron chi connectivity index (χ3n) is 4.19. The van der Waals surface area contributed by atoms with Crippen LogP contribution < -0.4 is 0 Å². The molecule has 0 radical (unpaired) electrons. The number of aromatic amines is 1. The first kappa shape index (κ1) is 16.5. The highest BCUT2D eigenvalue weighted by molar-refractivity contribution is 6.20. The lowest BCUT2D eigenvalue weighted by Gasteiger charge is -2.11. The molecule has 0 aliphatic carbocycles. The van der Waals surface area contributed by atoms with Crippen LogP contribution in [0.1, 0.15) is 35.8 Å². The van der Waals surface area contributed by atoms with Crippen LogP contribution in [0.2, 0.25) is 0 Å². The van der Waals surface area contributed by atoms with Crippen LogP contribution in [-0.2, 0) is 16.1 Å². The molecule has 0 fully saturated rings. The summed E-state index contributed by atoms with van der Waals surface area (Å²) >= 11 is 0. The number of esters is 1. The Morgan fingerprint density at radius 2 is 2.08 bits per heavy atom. The molecule has 1 aromatic carbocycles. The SMILES string of the molecule is COCc1c(C(=O)OC(C)C)ncc2[nH]c3ccc4oc(C)nc4c3c12. The molecule has 0 bridgehead atoms. The summed E-state index contributed by atoms with van der Waals surface area (Å²) in [5.74, 6) is 0.121. The molecule has 0 atom stereocenters. The number of rotatable bonds is 4. The number of aromatic nitrogens is 3. The van der Waals surface area contributed by atoms with Gasteiger partial charge in [0.1, 0.15) is 5.52 Å². The number of nitrogens with zero attached hydrogens (tertiary/aromatic N) is 2. The van der Waals surface area contributed by atoms with E-state index in [-0.39, 0.29) is 18.4 Å². The van der Waals surface area contributed by atoms with Crippen molar-refractivity contribution in [3.8, 4) is 0 Å². The summed E-state index contributed by atoms with van der Waals surface area (Å²) in [5, 5.41) is 1.74. The summed E-state index contributed by atoms with van der Waals surface area (Å²) in [5.41, 5.74) is 4.08. The fraction of sp³-hybridized carbons (Fsp3) is 0.316. The minimum atomic E-state index is -0.466. The minimum absolute atomic E-state index is 0.229. The van der Waals surface area contributed by atoms with Crippen molar-refractivity contribution in [3.63, 3.8) is 0 Å². The molecule has 4 rings (SSSR count). The van der Waals surface area contributed by atoms with Gasteiger partial charge in [-0.3, -0.25) is 0 Å². The molecule has 7 heteroatoms. The molecule has 3 aromatic heterocycles. The smallest absolute Gasteiger partial charge is 0.357 e. The molecule has 0 saturated carbocycles. The van der Waals surface area contributed by atoms with Gasteiger partial charge >= 0.3 is 5.97 Å². The van der Waals surface area contributed by atoms with Gasteiger partial charge in [0.2, 0.25) is 0 Å². The van der Waals surface area contributed by atoms with Gasteiger partial charge in [-0.05, 0) is 26.0 Å². The standard InChI is InChI=1S/C19H19N3O4/c1-9(2)25-19(23)17-11(8-24-4)15-13(7-20-17)22-12-5-6-14-18(16(12)15)21-10(3)26-14/h5-7,9,22H,8H2,1-4H3. The van der Waals surface area contributed by atoms with Crippen molar-refractivity contribution in [2.24, 2.45) is 0 Å². The van der Waals surface area contributed by atoms with Crippen molar-refractivity contribution in [1.82, 2.24) is 15.0 Å². The van der Waals surface area contributed by atoms with Gasteiger partial charge in [0.25, 0.3) is 0 Å². The lowest BCUT2D eigenvalue weighted by molar-refractivity contribution is 0.0366. The van der Waals surface area contributed by atoms with E-state index in [9.17, 15) is 4.79 Å². The van der Waals surface area contributed by atoms with Crippen LogP contribution in [0.4, 0.5) is 0 Å². The molecule has 0 aliphatic heterocycles. The monoisotopic (exact) mass is 353 g/mol. The van der Waals surface area contributed by atoms with E-state index in [2.05, 4.69) is 15.0 Å². The number of nitrogens with one attached hydrogen (secondary N) is 1. The first-order chi connectivity index (χ1) is 12.5. The van der Waals surface area contributed by atoms with E-state index in [0.717, 1.165) is 27.3 Å². The molecule has 134 valence electrons. The van der Waals surface area contributed by atoms with Crippen LogP contribution in [0.5, 0.6) is 0 Å². The molecule has 26 heavy (non-hydrogen) atoms. The van der Waals surface area contributed by atoms with E-state index in [4.69, 9.17) is 13.9 Å². The second kappa shape index (κ2) is 6.10. The van der Waals surface area contributed by atoms with E-state index >= 15 is 0 Å². The fourth-order valence-corrected chi connectivity index (χ4v) is 3.27. The number of pyridine rings is 1. The van der Waals surface area contributed by atoms with E-state index in [1.54, 1.807) is 27.2 Å². The van der Waals surface area contributed by atoms with Crippen molar-refractivity contribution in [2.45, 2.75) is 33.5 Å². The topological polar surface area (TPSA) is 90.2 Å². The fourth-order valence-electron chi connectivity index (χ4n) is 3.27. The molecule has 0 aliphatic rings. The van der Waals surface area contributed by atoms with Gasteiger partial charge in [-0.25, -0.2) is 14.8 Å². The van der Waals surface area contributed by atoms with Crippen LogP contribution in [0, 0.1) is 6.92 Å². The zero-order valence-corrected chi connectivity index (χ0v) is 15.0. The van der Waals surface area contributed by atoms with E-state index in [1.807, 2.05) is 19.1 Å². The maximum Gasteiger partial charge on any atom is 0.357 e. The number of H-pyrrole nitrogens is 1. The van der Waals surface area contributed by atoms with Crippen LogP contribution in [0.25, 0.3) is 32.9 Å². The maximum absolute atomic E-state index is 12.5. The number of fused-ring (bicyclic) bond motifs is 5. The molecule has 3 heterocycles. The van der Waals surface area contributed by atoms with E-state index in [0.29, 0.717) is 17.0 Å². The summed E-state index contributed by atoms with van der Waals surface area (Å²) < 4.78 is 16.4. The zero-order chi connectivity index (χ0) is 18.4. The summed E-state index contributed by atoms with van der Waals surface area (Å²) in [6, 6.07) is 3.81. The van der Waals surface area contributed by atoms with Gasteiger partial charge in [0.15, 0.2) is 17.2 Å². The summed E-state index contributed by atoms with van der Waals surface area (Å²) in [6.45, 7) is 5.65. The number of methoxy groups -OCH3 is 1. The van der Waals surface area contributed by atoms with Crippen molar-refractivity contribution < 1.29 is 18.7 Å². The number of hydrogen-bond donors (Lipinski definition) is 1. The molecule has 0 saturated heterocycles. The average Bonchev–Trinajstić information content (AvgIpc) is 3.13. The lowest BCUT2D eigenvalue weighted by atomic mass is 10.0.